The van der Waals surface area contributed by atoms with Crippen LogP contribution in [0.15, 0.2) is 24.3 Å². The van der Waals surface area contributed by atoms with Gasteiger partial charge in [-0.3, -0.25) is 0 Å². The smallest absolute Gasteiger partial charge is 0.394 e. The standard InChI is InChI=1S/C17H20ClF3N4O/c1-9(2)13(8-26)23-16-24-14(17(19,20)21)7-15(25-16)22-12-5-4-10(3)6-11(12)18/h4-7,9,13,26H,8H2,1-3H3,(H2,22,23,24,25)/t13-/m1/s1. The fourth-order valence-corrected chi connectivity index (χ4v) is 2.45. The predicted octanol–water partition coefficient (Wildman–Crippen LogP) is 4.63. The van der Waals surface area contributed by atoms with Gasteiger partial charge in [-0.25, -0.2) is 4.98 Å². The number of alkyl halides is 3. The van der Waals surface area contributed by atoms with Crippen LogP contribution in [-0.4, -0.2) is 27.7 Å². The van der Waals surface area contributed by atoms with Crippen LogP contribution in [0.2, 0.25) is 5.02 Å². The molecule has 0 aliphatic rings. The summed E-state index contributed by atoms with van der Waals surface area (Å²) < 4.78 is 39.5. The van der Waals surface area contributed by atoms with Gasteiger partial charge >= 0.3 is 6.18 Å². The molecular formula is C17H20ClF3N4O. The van der Waals surface area contributed by atoms with Crippen molar-refractivity contribution in [3.05, 3.63) is 40.5 Å². The molecule has 2 aromatic rings. The molecule has 9 heteroatoms. The minimum Gasteiger partial charge on any atom is -0.394 e. The Balaban J connectivity index is 2.39. The Morgan fingerprint density at radius 3 is 2.42 bits per heavy atom. The zero-order valence-corrected chi connectivity index (χ0v) is 15.3. The summed E-state index contributed by atoms with van der Waals surface area (Å²) in [4.78, 5) is 7.59. The molecule has 0 radical (unpaired) electrons. The SMILES string of the molecule is Cc1ccc(Nc2cc(C(F)(F)F)nc(N[C@H](CO)C(C)C)n2)c(Cl)c1. The Morgan fingerprint density at radius 2 is 1.88 bits per heavy atom. The van der Waals surface area contributed by atoms with Gasteiger partial charge in [0.15, 0.2) is 5.69 Å². The van der Waals surface area contributed by atoms with Crippen LogP contribution in [-0.2, 0) is 6.18 Å². The van der Waals surface area contributed by atoms with Gasteiger partial charge in [0.1, 0.15) is 5.82 Å². The molecule has 26 heavy (non-hydrogen) atoms. The van der Waals surface area contributed by atoms with Gasteiger partial charge in [-0.1, -0.05) is 31.5 Å². The number of rotatable bonds is 6. The van der Waals surface area contributed by atoms with Crippen LogP contribution in [0.5, 0.6) is 0 Å². The molecule has 5 nitrogen and oxygen atoms in total. The van der Waals surface area contributed by atoms with Crippen molar-refractivity contribution in [3.8, 4) is 0 Å². The number of hydrogen-bond donors (Lipinski definition) is 3. The van der Waals surface area contributed by atoms with Crippen molar-refractivity contribution in [3.63, 3.8) is 0 Å². The van der Waals surface area contributed by atoms with Crippen molar-refractivity contribution in [2.45, 2.75) is 33.0 Å². The lowest BCUT2D eigenvalue weighted by molar-refractivity contribution is -0.141. The fraction of sp³-hybridized carbons (Fsp3) is 0.412. The number of nitrogens with one attached hydrogen (secondary N) is 2. The third-order valence-corrected chi connectivity index (χ3v) is 4.03. The number of hydrogen-bond acceptors (Lipinski definition) is 5. The van der Waals surface area contributed by atoms with Crippen LogP contribution < -0.4 is 10.6 Å². The van der Waals surface area contributed by atoms with Crippen LogP contribution in [0.1, 0.15) is 25.1 Å². The summed E-state index contributed by atoms with van der Waals surface area (Å²) in [5.74, 6) is -0.305. The van der Waals surface area contributed by atoms with E-state index >= 15 is 0 Å². The Labute approximate surface area is 154 Å². The Bertz CT molecular complexity index is 768. The highest BCUT2D eigenvalue weighted by atomic mass is 35.5. The molecule has 2 rings (SSSR count). The highest BCUT2D eigenvalue weighted by Crippen LogP contribution is 2.32. The van der Waals surface area contributed by atoms with E-state index in [1.165, 1.54) is 0 Å². The molecule has 142 valence electrons. The first-order valence-electron chi connectivity index (χ1n) is 7.97. The first kappa shape index (κ1) is 20.3. The van der Waals surface area contributed by atoms with Crippen LogP contribution >= 0.6 is 11.6 Å². The lowest BCUT2D eigenvalue weighted by Gasteiger charge is -2.21. The van der Waals surface area contributed by atoms with Gasteiger partial charge in [-0.15, -0.1) is 0 Å². The summed E-state index contributed by atoms with van der Waals surface area (Å²) in [5, 5.41) is 15.3. The summed E-state index contributed by atoms with van der Waals surface area (Å²) in [5.41, 5.74) is 0.253. The Hall–Kier alpha value is -2.06. The number of benzene rings is 1. The maximum atomic E-state index is 13.2. The van der Waals surface area contributed by atoms with Gasteiger partial charge in [-0.05, 0) is 30.5 Å². The van der Waals surface area contributed by atoms with Crippen LogP contribution in [0.4, 0.5) is 30.6 Å². The van der Waals surface area contributed by atoms with Crippen molar-refractivity contribution < 1.29 is 18.3 Å². The van der Waals surface area contributed by atoms with Gasteiger partial charge in [0.25, 0.3) is 0 Å². The van der Waals surface area contributed by atoms with Crippen molar-refractivity contribution in [2.75, 3.05) is 17.2 Å². The van der Waals surface area contributed by atoms with Gasteiger partial charge in [-0.2, -0.15) is 18.2 Å². The third kappa shape index (κ3) is 5.22. The van der Waals surface area contributed by atoms with E-state index in [9.17, 15) is 18.3 Å². The van der Waals surface area contributed by atoms with Crippen LogP contribution in [0.25, 0.3) is 0 Å². The molecule has 0 fully saturated rings. The number of aryl methyl sites for hydroxylation is 1. The molecule has 0 saturated heterocycles. The summed E-state index contributed by atoms with van der Waals surface area (Å²) in [7, 11) is 0. The highest BCUT2D eigenvalue weighted by Gasteiger charge is 2.34. The molecule has 0 bridgehead atoms. The van der Waals surface area contributed by atoms with Crippen LogP contribution in [0, 0.1) is 12.8 Å². The zero-order valence-electron chi connectivity index (χ0n) is 14.5. The van der Waals surface area contributed by atoms with E-state index in [1.807, 2.05) is 20.8 Å². The first-order chi connectivity index (χ1) is 12.1. The number of aromatic nitrogens is 2. The molecule has 1 heterocycles. The average molecular weight is 389 g/mol. The normalized spacial score (nSPS) is 13.0. The van der Waals surface area contributed by atoms with Crippen molar-refractivity contribution in [1.29, 1.82) is 0 Å². The maximum absolute atomic E-state index is 13.2. The van der Waals surface area contributed by atoms with Crippen LogP contribution in [0.3, 0.4) is 0 Å². The Kier molecular flexibility index (Phi) is 6.30. The molecule has 1 atom stereocenters. The molecule has 0 aliphatic carbocycles. The minimum absolute atomic E-state index is 0.0268. The molecule has 0 aliphatic heterocycles. The number of nitrogens with zero attached hydrogens (tertiary/aromatic N) is 2. The van der Waals surface area contributed by atoms with Gasteiger partial charge in [0.2, 0.25) is 5.95 Å². The summed E-state index contributed by atoms with van der Waals surface area (Å²) in [6.07, 6.45) is -4.64. The molecule has 0 saturated carbocycles. The fourth-order valence-electron chi connectivity index (χ4n) is 2.17. The van der Waals surface area contributed by atoms with Gasteiger partial charge in [0, 0.05) is 6.07 Å². The second kappa shape index (κ2) is 8.09. The van der Waals surface area contributed by atoms with E-state index in [-0.39, 0.29) is 24.3 Å². The summed E-state index contributed by atoms with van der Waals surface area (Å²) >= 11 is 6.12. The van der Waals surface area contributed by atoms with Crippen molar-refractivity contribution in [1.82, 2.24) is 9.97 Å². The van der Waals surface area contributed by atoms with E-state index in [0.29, 0.717) is 10.7 Å². The average Bonchev–Trinajstić information content (AvgIpc) is 2.54. The molecule has 0 spiro atoms. The zero-order chi connectivity index (χ0) is 19.5. The summed E-state index contributed by atoms with van der Waals surface area (Å²) in [6, 6.07) is 5.46. The largest absolute Gasteiger partial charge is 0.433 e. The quantitative estimate of drug-likeness (QED) is 0.673. The molecular weight excluding hydrogens is 369 g/mol. The predicted molar refractivity (Wildman–Crippen MR) is 95.8 cm³/mol. The number of anilines is 3. The third-order valence-electron chi connectivity index (χ3n) is 3.72. The molecule has 1 aromatic heterocycles. The van der Waals surface area contributed by atoms with E-state index in [2.05, 4.69) is 20.6 Å². The molecule has 3 N–H and O–H groups in total. The number of halogens is 4. The first-order valence-corrected chi connectivity index (χ1v) is 8.34. The lowest BCUT2D eigenvalue weighted by Crippen LogP contribution is -2.30. The van der Waals surface area contributed by atoms with E-state index in [1.54, 1.807) is 18.2 Å². The second-order valence-corrected chi connectivity index (χ2v) is 6.65. The van der Waals surface area contributed by atoms with Crippen molar-refractivity contribution >= 4 is 29.1 Å². The molecule has 0 amide bonds. The lowest BCUT2D eigenvalue weighted by atomic mass is 10.1. The van der Waals surface area contributed by atoms with E-state index in [0.717, 1.165) is 11.6 Å². The molecule has 0 unspecified atom stereocenters. The number of aliphatic hydroxyl groups is 1. The maximum Gasteiger partial charge on any atom is 0.433 e. The molecule has 1 aromatic carbocycles. The van der Waals surface area contributed by atoms with E-state index < -0.39 is 17.9 Å². The summed E-state index contributed by atoms with van der Waals surface area (Å²) in [6.45, 7) is 5.24. The van der Waals surface area contributed by atoms with Gasteiger partial charge < -0.3 is 15.7 Å². The second-order valence-electron chi connectivity index (χ2n) is 6.25. The Morgan fingerprint density at radius 1 is 1.19 bits per heavy atom. The highest BCUT2D eigenvalue weighted by molar-refractivity contribution is 6.33. The van der Waals surface area contributed by atoms with Crippen molar-refractivity contribution in [2.24, 2.45) is 5.92 Å². The minimum atomic E-state index is -4.64. The number of aliphatic hydroxyl groups excluding tert-OH is 1. The van der Waals surface area contributed by atoms with Gasteiger partial charge in [0.05, 0.1) is 23.4 Å². The monoisotopic (exact) mass is 388 g/mol. The topological polar surface area (TPSA) is 70.1 Å². The van der Waals surface area contributed by atoms with E-state index in [4.69, 9.17) is 11.6 Å².